The third-order valence-corrected chi connectivity index (χ3v) is 13.7. The Balaban J connectivity index is 0.980. The number of hydrogen-bond acceptors (Lipinski definition) is 9. The van der Waals surface area contributed by atoms with Gasteiger partial charge in [0.05, 0.1) is 13.2 Å². The Morgan fingerprint density at radius 3 is 2.59 bits per heavy atom. The Morgan fingerprint density at radius 1 is 1.00 bits per heavy atom. The summed E-state index contributed by atoms with van der Waals surface area (Å²) in [6, 6.07) is 24.2. The smallest absolute Gasteiger partial charge is 0.329 e. The number of hydrogen-bond donors (Lipinski definition) is 3. The van der Waals surface area contributed by atoms with E-state index in [2.05, 4.69) is 51.8 Å². The first kappa shape index (κ1) is 42.2. The second kappa shape index (κ2) is 18.2. The fourth-order valence-electron chi connectivity index (χ4n) is 10.3. The fraction of sp³-hybridized carbons (Fsp3) is 0.458. The van der Waals surface area contributed by atoms with Gasteiger partial charge in [0.25, 0.3) is 0 Å². The van der Waals surface area contributed by atoms with Crippen molar-refractivity contribution in [3.8, 4) is 11.5 Å². The lowest BCUT2D eigenvalue weighted by atomic mass is 9.59. The minimum atomic E-state index is -1.13. The van der Waals surface area contributed by atoms with E-state index in [0.717, 1.165) is 54.9 Å². The summed E-state index contributed by atoms with van der Waals surface area (Å²) in [7, 11) is 0. The molecule has 0 radical (unpaired) electrons. The Hall–Kier alpha value is -5.49. The zero-order chi connectivity index (χ0) is 42.6. The largest absolute Gasteiger partial charge is 0.494 e. The highest BCUT2D eigenvalue weighted by molar-refractivity contribution is 6.30. The second-order valence-electron chi connectivity index (χ2n) is 17.5. The van der Waals surface area contributed by atoms with Crippen molar-refractivity contribution in [2.75, 3.05) is 18.5 Å². The summed E-state index contributed by atoms with van der Waals surface area (Å²) >= 11 is 6.32. The molecule has 0 aliphatic heterocycles. The average Bonchev–Trinajstić information content (AvgIpc) is 3.83. The van der Waals surface area contributed by atoms with Gasteiger partial charge >= 0.3 is 11.9 Å². The van der Waals surface area contributed by atoms with E-state index >= 15 is 0 Å². The molecule has 3 aliphatic carbocycles. The number of halogens is 1. The molecule has 3 aromatic carbocycles. The van der Waals surface area contributed by atoms with E-state index in [-0.39, 0.29) is 23.7 Å². The summed E-state index contributed by atoms with van der Waals surface area (Å²) in [5, 5.41) is 36.8. The number of ether oxygens (including phenoxy) is 2. The number of benzene rings is 3. The third-order valence-electron chi connectivity index (χ3n) is 13.5. The molecule has 12 nitrogen and oxygen atoms in total. The van der Waals surface area contributed by atoms with Crippen molar-refractivity contribution < 1.29 is 29.3 Å². The maximum Gasteiger partial charge on any atom is 0.329 e. The molecule has 1 spiro atoms. The molecule has 3 aliphatic rings. The van der Waals surface area contributed by atoms with Crippen LogP contribution in [0.1, 0.15) is 111 Å². The Labute approximate surface area is 362 Å². The molecule has 1 fully saturated rings. The number of carboxylic acid groups (broad SMARTS) is 2. The van der Waals surface area contributed by atoms with Gasteiger partial charge < -0.3 is 25.0 Å². The van der Waals surface area contributed by atoms with Crippen LogP contribution in [0.25, 0.3) is 0 Å². The summed E-state index contributed by atoms with van der Waals surface area (Å²) in [4.78, 5) is 30.1. The number of aryl methyl sites for hydroxylation is 2. The number of aliphatic carboxylic acids is 2. The lowest BCUT2D eigenvalue weighted by Gasteiger charge is -2.47. The molecule has 61 heavy (non-hydrogen) atoms. The van der Waals surface area contributed by atoms with Gasteiger partial charge in [0.2, 0.25) is 0 Å². The van der Waals surface area contributed by atoms with Crippen LogP contribution in [0.4, 0.5) is 5.69 Å². The SMILES string of the molecule is C[C@@H](COc1ccnc2c1[C@H](C)CCC2)CC1Cc2ccc(OCCCc3nnnn3[C@H](Cc3ccccc3)C(=O)O)cc2C12CCC(Nc1cccc(Cl)c1)(C(=O)O)CC2. The number of anilines is 1. The van der Waals surface area contributed by atoms with E-state index < -0.39 is 23.5 Å². The topological polar surface area (TPSA) is 162 Å². The van der Waals surface area contributed by atoms with Crippen LogP contribution < -0.4 is 14.8 Å². The van der Waals surface area contributed by atoms with Crippen molar-refractivity contribution in [2.24, 2.45) is 11.8 Å². The Bertz CT molecular complexity index is 2330. The highest BCUT2D eigenvalue weighted by Gasteiger charge is 2.54. The van der Waals surface area contributed by atoms with E-state index in [4.69, 9.17) is 21.1 Å². The molecule has 0 bridgehead atoms. The molecule has 2 heterocycles. The highest BCUT2D eigenvalue weighted by atomic mass is 35.5. The Morgan fingerprint density at radius 2 is 1.82 bits per heavy atom. The summed E-state index contributed by atoms with van der Waals surface area (Å²) < 4.78 is 14.4. The first-order valence-electron chi connectivity index (χ1n) is 21.7. The molecule has 2 aromatic heterocycles. The van der Waals surface area contributed by atoms with Crippen LogP contribution in [0.3, 0.4) is 0 Å². The van der Waals surface area contributed by atoms with Crippen molar-refractivity contribution >= 4 is 29.2 Å². The third kappa shape index (κ3) is 9.10. The summed E-state index contributed by atoms with van der Waals surface area (Å²) in [6.07, 6.45) is 10.6. The molecule has 320 valence electrons. The van der Waals surface area contributed by atoms with Gasteiger partial charge in [-0.15, -0.1) is 5.10 Å². The number of tetrazole rings is 1. The lowest BCUT2D eigenvalue weighted by molar-refractivity contribution is -0.144. The molecule has 5 aromatic rings. The average molecular weight is 847 g/mol. The van der Waals surface area contributed by atoms with Gasteiger partial charge in [0.1, 0.15) is 17.0 Å². The van der Waals surface area contributed by atoms with Crippen LogP contribution in [0, 0.1) is 11.8 Å². The number of nitrogens with zero attached hydrogens (tertiary/aromatic N) is 5. The van der Waals surface area contributed by atoms with E-state index in [9.17, 15) is 19.8 Å². The second-order valence-corrected chi connectivity index (χ2v) is 18.0. The first-order chi connectivity index (χ1) is 29.5. The van der Waals surface area contributed by atoms with Gasteiger partial charge in [-0.25, -0.2) is 14.3 Å². The van der Waals surface area contributed by atoms with Crippen LogP contribution >= 0.6 is 11.6 Å². The number of fused-ring (bicyclic) bond motifs is 3. The van der Waals surface area contributed by atoms with Gasteiger partial charge in [-0.3, -0.25) is 4.98 Å². The van der Waals surface area contributed by atoms with Crippen LogP contribution in [0.2, 0.25) is 5.02 Å². The summed E-state index contributed by atoms with van der Waals surface area (Å²) in [6.45, 7) is 5.52. The number of carboxylic acids is 2. The molecular weight excluding hydrogens is 792 g/mol. The first-order valence-corrected chi connectivity index (χ1v) is 22.1. The minimum Gasteiger partial charge on any atom is -0.494 e. The molecule has 1 unspecified atom stereocenters. The fourth-order valence-corrected chi connectivity index (χ4v) is 10.5. The molecule has 0 saturated heterocycles. The van der Waals surface area contributed by atoms with Gasteiger partial charge in [-0.1, -0.05) is 67.9 Å². The number of aromatic nitrogens is 5. The quantitative estimate of drug-likeness (QED) is 0.0766. The predicted molar refractivity (Wildman–Crippen MR) is 233 cm³/mol. The molecule has 0 amide bonds. The van der Waals surface area contributed by atoms with Crippen LogP contribution in [-0.2, 0) is 40.7 Å². The van der Waals surface area contributed by atoms with E-state index in [1.807, 2.05) is 60.8 Å². The van der Waals surface area contributed by atoms with Gasteiger partial charge in [0.15, 0.2) is 11.9 Å². The van der Waals surface area contributed by atoms with Crippen LogP contribution in [-0.4, -0.2) is 66.1 Å². The molecular formula is C48H55ClN6O6. The van der Waals surface area contributed by atoms with Crippen molar-refractivity contribution in [2.45, 2.75) is 114 Å². The lowest BCUT2D eigenvalue weighted by Crippen LogP contribution is -2.53. The maximum absolute atomic E-state index is 13.1. The van der Waals surface area contributed by atoms with Crippen molar-refractivity contribution in [1.82, 2.24) is 25.2 Å². The van der Waals surface area contributed by atoms with Crippen molar-refractivity contribution in [3.05, 3.63) is 124 Å². The van der Waals surface area contributed by atoms with Crippen molar-refractivity contribution in [3.63, 3.8) is 0 Å². The van der Waals surface area contributed by atoms with Gasteiger partial charge in [-0.05, 0) is 151 Å². The van der Waals surface area contributed by atoms with Crippen LogP contribution in [0.15, 0.2) is 85.1 Å². The number of rotatable bonds is 17. The standard InChI is InChI=1S/C48H55ClN6O6/c1-31(30-61-42-18-23-50-40-14-6-9-32(2)44(40)42)25-35-27-34-16-17-38(60-24-8-15-43-52-53-54-55(43)41(45(56)57)26-33-10-4-3-5-11-33)29-39(34)47(35)19-21-48(22-20-47,46(58)59)51-37-13-7-12-36(49)28-37/h3-5,7,10-13,16-18,23,28-29,31-32,35,41,51H,6,8-9,14-15,19-22,24-27,30H2,1-2H3,(H,56,57)(H,58,59)/t31-,32-,35?,41-,47?,48?/m1/s1. The predicted octanol–water partition coefficient (Wildman–Crippen LogP) is 9.07. The van der Waals surface area contributed by atoms with Crippen LogP contribution in [0.5, 0.6) is 11.5 Å². The normalized spacial score (nSPS) is 22.8. The van der Waals surface area contributed by atoms with Gasteiger partial charge in [-0.2, -0.15) is 0 Å². The minimum absolute atomic E-state index is 0.241. The van der Waals surface area contributed by atoms with E-state index in [1.54, 1.807) is 12.1 Å². The zero-order valence-corrected chi connectivity index (χ0v) is 35.7. The van der Waals surface area contributed by atoms with E-state index in [1.165, 1.54) is 21.4 Å². The number of pyridine rings is 1. The van der Waals surface area contributed by atoms with Gasteiger partial charge in [0, 0.05) is 41.0 Å². The summed E-state index contributed by atoms with van der Waals surface area (Å²) in [5.41, 5.74) is 5.17. The Kier molecular flexibility index (Phi) is 12.6. The molecule has 13 heteroatoms. The molecule has 3 N–H and O–H groups in total. The highest BCUT2D eigenvalue weighted by Crippen LogP contribution is 2.57. The van der Waals surface area contributed by atoms with E-state index in [0.29, 0.717) is 74.2 Å². The monoisotopic (exact) mass is 846 g/mol. The molecule has 8 rings (SSSR count). The summed E-state index contributed by atoms with van der Waals surface area (Å²) in [5.74, 6) is 1.33. The number of carbonyl (C=O) groups is 2. The maximum atomic E-state index is 13.1. The molecule has 1 saturated carbocycles. The van der Waals surface area contributed by atoms with Crippen molar-refractivity contribution in [1.29, 1.82) is 0 Å². The molecule has 4 atom stereocenters. The zero-order valence-electron chi connectivity index (χ0n) is 34.9. The number of nitrogens with one attached hydrogen (secondary N) is 1.